The average molecular weight is 248 g/mol. The highest BCUT2D eigenvalue weighted by Gasteiger charge is 2.22. The van der Waals surface area contributed by atoms with E-state index >= 15 is 0 Å². The van der Waals surface area contributed by atoms with Crippen molar-refractivity contribution in [3.05, 3.63) is 57.8 Å². The van der Waals surface area contributed by atoms with Crippen molar-refractivity contribution in [1.29, 1.82) is 0 Å². The first-order valence-corrected chi connectivity index (χ1v) is 5.92. The normalized spacial score (nSPS) is 12.8. The molecule has 0 bridgehead atoms. The van der Waals surface area contributed by atoms with Gasteiger partial charge < -0.3 is 9.52 Å². The maximum atomic E-state index is 13.8. The summed E-state index contributed by atoms with van der Waals surface area (Å²) in [5, 5.41) is 10.4. The second kappa shape index (κ2) is 4.58. The van der Waals surface area contributed by atoms with Crippen molar-refractivity contribution in [2.75, 3.05) is 0 Å². The van der Waals surface area contributed by atoms with Gasteiger partial charge in [-0.15, -0.1) is 0 Å². The number of rotatable bonds is 2. The molecule has 2 aromatic rings. The van der Waals surface area contributed by atoms with Crippen LogP contribution >= 0.6 is 0 Å². The van der Waals surface area contributed by atoms with E-state index in [1.165, 1.54) is 6.07 Å². The van der Waals surface area contributed by atoms with Gasteiger partial charge in [0.25, 0.3) is 0 Å². The second-order valence-electron chi connectivity index (χ2n) is 4.68. The van der Waals surface area contributed by atoms with Gasteiger partial charge in [0.1, 0.15) is 23.4 Å². The van der Waals surface area contributed by atoms with Crippen LogP contribution in [0.1, 0.15) is 39.9 Å². The summed E-state index contributed by atoms with van der Waals surface area (Å²) in [6.07, 6.45) is -0.984. The van der Waals surface area contributed by atoms with Gasteiger partial charge in [-0.25, -0.2) is 4.39 Å². The molecule has 96 valence electrons. The quantitative estimate of drug-likeness (QED) is 0.878. The third-order valence-corrected chi connectivity index (χ3v) is 3.34. The van der Waals surface area contributed by atoms with Crippen molar-refractivity contribution in [3.63, 3.8) is 0 Å². The Morgan fingerprint density at radius 1 is 1.11 bits per heavy atom. The molecule has 18 heavy (non-hydrogen) atoms. The third kappa shape index (κ3) is 2.06. The summed E-state index contributed by atoms with van der Waals surface area (Å²) in [6.45, 7) is 7.37. The van der Waals surface area contributed by atoms with E-state index in [0.717, 1.165) is 16.9 Å². The fraction of sp³-hybridized carbons (Fsp3) is 0.333. The van der Waals surface area contributed by atoms with Crippen LogP contribution in [0, 0.1) is 33.5 Å². The minimum atomic E-state index is -0.984. The Labute approximate surface area is 106 Å². The van der Waals surface area contributed by atoms with E-state index in [-0.39, 0.29) is 0 Å². The smallest absolute Gasteiger partial charge is 0.129 e. The summed E-state index contributed by atoms with van der Waals surface area (Å²) in [6, 6.07) is 4.73. The maximum absolute atomic E-state index is 13.8. The van der Waals surface area contributed by atoms with E-state index in [1.54, 1.807) is 19.1 Å². The molecule has 1 aromatic heterocycles. The van der Waals surface area contributed by atoms with Crippen LogP contribution in [0.3, 0.4) is 0 Å². The van der Waals surface area contributed by atoms with Crippen molar-refractivity contribution < 1.29 is 13.9 Å². The van der Waals surface area contributed by atoms with E-state index in [2.05, 4.69) is 0 Å². The van der Waals surface area contributed by atoms with E-state index in [1.807, 2.05) is 20.8 Å². The summed E-state index contributed by atoms with van der Waals surface area (Å²) in [5.41, 5.74) is 2.75. The van der Waals surface area contributed by atoms with Crippen LogP contribution in [-0.4, -0.2) is 5.11 Å². The molecule has 1 N–H and O–H groups in total. The Bertz CT molecular complexity index is 584. The lowest BCUT2D eigenvalue weighted by Gasteiger charge is -2.13. The molecular formula is C15H17FO2. The van der Waals surface area contributed by atoms with E-state index < -0.39 is 11.9 Å². The van der Waals surface area contributed by atoms with Crippen molar-refractivity contribution in [2.24, 2.45) is 0 Å². The van der Waals surface area contributed by atoms with Crippen LogP contribution in [0.2, 0.25) is 0 Å². The Kier molecular flexibility index (Phi) is 3.26. The van der Waals surface area contributed by atoms with Crippen molar-refractivity contribution >= 4 is 0 Å². The highest BCUT2D eigenvalue weighted by Crippen LogP contribution is 2.32. The summed E-state index contributed by atoms with van der Waals surface area (Å²) < 4.78 is 19.3. The molecule has 0 aliphatic heterocycles. The molecule has 0 radical (unpaired) electrons. The van der Waals surface area contributed by atoms with E-state index in [9.17, 15) is 9.50 Å². The number of furan rings is 1. The summed E-state index contributed by atoms with van der Waals surface area (Å²) in [4.78, 5) is 0. The molecule has 3 heteroatoms. The molecular weight excluding hydrogens is 231 g/mol. The SMILES string of the molecule is Cc1ccc(F)c(C(O)c2c(C)oc(C)c2C)c1. The predicted octanol–water partition coefficient (Wildman–Crippen LogP) is 3.73. The Morgan fingerprint density at radius 2 is 1.78 bits per heavy atom. The van der Waals surface area contributed by atoms with Crippen LogP contribution in [0.15, 0.2) is 22.6 Å². The summed E-state index contributed by atoms with van der Waals surface area (Å²) in [5.74, 6) is 0.999. The fourth-order valence-electron chi connectivity index (χ4n) is 2.24. The van der Waals surface area contributed by atoms with Crippen LogP contribution in [0.4, 0.5) is 4.39 Å². The van der Waals surface area contributed by atoms with Gasteiger partial charge in [-0.05, 0) is 39.3 Å². The minimum absolute atomic E-state index is 0.294. The number of aliphatic hydroxyl groups is 1. The zero-order chi connectivity index (χ0) is 13.4. The van der Waals surface area contributed by atoms with Crippen molar-refractivity contribution in [1.82, 2.24) is 0 Å². The molecule has 1 heterocycles. The third-order valence-electron chi connectivity index (χ3n) is 3.34. The Hall–Kier alpha value is -1.61. The minimum Gasteiger partial charge on any atom is -0.466 e. The maximum Gasteiger partial charge on any atom is 0.129 e. The molecule has 1 unspecified atom stereocenters. The first-order chi connectivity index (χ1) is 8.41. The van der Waals surface area contributed by atoms with Crippen LogP contribution in [0.5, 0.6) is 0 Å². The van der Waals surface area contributed by atoms with Gasteiger partial charge in [-0.3, -0.25) is 0 Å². The fourth-order valence-corrected chi connectivity index (χ4v) is 2.24. The second-order valence-corrected chi connectivity index (χ2v) is 4.68. The molecule has 0 fully saturated rings. The molecule has 2 rings (SSSR count). The van der Waals surface area contributed by atoms with Crippen LogP contribution in [-0.2, 0) is 0 Å². The molecule has 0 aliphatic rings. The van der Waals surface area contributed by atoms with Gasteiger partial charge in [0.2, 0.25) is 0 Å². The van der Waals surface area contributed by atoms with Crippen LogP contribution in [0.25, 0.3) is 0 Å². The lowest BCUT2D eigenvalue weighted by molar-refractivity contribution is 0.212. The van der Waals surface area contributed by atoms with Gasteiger partial charge in [0.15, 0.2) is 0 Å². The lowest BCUT2D eigenvalue weighted by atomic mass is 9.96. The Morgan fingerprint density at radius 3 is 2.33 bits per heavy atom. The average Bonchev–Trinajstić information content (AvgIpc) is 2.56. The predicted molar refractivity (Wildman–Crippen MR) is 68.1 cm³/mol. The summed E-state index contributed by atoms with van der Waals surface area (Å²) >= 11 is 0. The molecule has 0 saturated heterocycles. The molecule has 0 spiro atoms. The lowest BCUT2D eigenvalue weighted by Crippen LogP contribution is -2.05. The monoisotopic (exact) mass is 248 g/mol. The number of benzene rings is 1. The largest absolute Gasteiger partial charge is 0.466 e. The topological polar surface area (TPSA) is 33.4 Å². The van der Waals surface area contributed by atoms with Gasteiger partial charge in [-0.2, -0.15) is 0 Å². The first kappa shape index (κ1) is 12.8. The standard InChI is InChI=1S/C15H17FO2/c1-8-5-6-13(16)12(7-8)15(17)14-9(2)10(3)18-11(14)4/h5-7,15,17H,1-4H3. The highest BCUT2D eigenvalue weighted by atomic mass is 19.1. The van der Waals surface area contributed by atoms with Gasteiger partial charge in [0, 0.05) is 11.1 Å². The van der Waals surface area contributed by atoms with Crippen LogP contribution < -0.4 is 0 Å². The van der Waals surface area contributed by atoms with Gasteiger partial charge in [0.05, 0.1) is 0 Å². The van der Waals surface area contributed by atoms with Crippen molar-refractivity contribution in [2.45, 2.75) is 33.8 Å². The van der Waals surface area contributed by atoms with E-state index in [0.29, 0.717) is 16.9 Å². The first-order valence-electron chi connectivity index (χ1n) is 5.92. The number of hydrogen-bond acceptors (Lipinski definition) is 2. The number of halogens is 1. The number of hydrogen-bond donors (Lipinski definition) is 1. The molecule has 2 nitrogen and oxygen atoms in total. The van der Waals surface area contributed by atoms with Gasteiger partial charge >= 0.3 is 0 Å². The molecule has 0 amide bonds. The van der Waals surface area contributed by atoms with Gasteiger partial charge in [-0.1, -0.05) is 17.7 Å². The molecule has 0 aliphatic carbocycles. The number of aryl methyl sites for hydroxylation is 3. The zero-order valence-electron chi connectivity index (χ0n) is 11.0. The highest BCUT2D eigenvalue weighted by molar-refractivity contribution is 5.40. The van der Waals surface area contributed by atoms with E-state index in [4.69, 9.17) is 4.42 Å². The number of aliphatic hydroxyl groups excluding tert-OH is 1. The van der Waals surface area contributed by atoms with Crippen molar-refractivity contribution in [3.8, 4) is 0 Å². The molecule has 1 aromatic carbocycles. The molecule has 0 saturated carbocycles. The Balaban J connectivity index is 2.54. The zero-order valence-corrected chi connectivity index (χ0v) is 11.0. The summed E-state index contributed by atoms with van der Waals surface area (Å²) in [7, 11) is 0. The molecule has 1 atom stereocenters.